The van der Waals surface area contributed by atoms with E-state index in [1.807, 2.05) is 18.2 Å². The van der Waals surface area contributed by atoms with Gasteiger partial charge >= 0.3 is 0 Å². The first-order valence-corrected chi connectivity index (χ1v) is 5.24. The number of para-hydroxylation sites is 1. The number of nitrogen functional groups attached to an aromatic ring is 2. The topological polar surface area (TPSA) is 52.0 Å². The second-order valence-corrected chi connectivity index (χ2v) is 3.52. The first-order valence-electron chi connectivity index (χ1n) is 4.12. The molecule has 0 aromatic heterocycles. The van der Waals surface area contributed by atoms with E-state index in [-0.39, 0.29) is 0 Å². The molecule has 0 aliphatic carbocycles. The second kappa shape index (κ2) is 4.92. The van der Waals surface area contributed by atoms with Gasteiger partial charge in [-0.3, -0.25) is 0 Å². The van der Waals surface area contributed by atoms with E-state index in [9.17, 15) is 0 Å². The molecule has 0 fully saturated rings. The minimum atomic E-state index is 0.640. The van der Waals surface area contributed by atoms with Crippen LogP contribution in [0.2, 0.25) is 0 Å². The summed E-state index contributed by atoms with van der Waals surface area (Å²) in [7, 11) is 0. The molecule has 1 aromatic rings. The van der Waals surface area contributed by atoms with E-state index in [1.54, 1.807) is 6.07 Å². The summed E-state index contributed by atoms with van der Waals surface area (Å²) >= 11 is 3.35. The third-order valence-electron chi connectivity index (χ3n) is 1.75. The van der Waals surface area contributed by atoms with Crippen LogP contribution in [0.5, 0.6) is 0 Å². The number of allylic oxidation sites excluding steroid dienone is 1. The molecule has 0 radical (unpaired) electrons. The summed E-state index contributed by atoms with van der Waals surface area (Å²) in [6.07, 6.45) is 5.06. The van der Waals surface area contributed by atoms with Crippen LogP contribution in [0, 0.1) is 0 Å². The molecular formula is C10H13BrN2. The number of nitrogens with two attached hydrogens (primary N) is 2. The number of hydrogen-bond acceptors (Lipinski definition) is 2. The Labute approximate surface area is 86.7 Å². The maximum Gasteiger partial charge on any atom is 0.0621 e. The Bertz CT molecular complexity index is 308. The van der Waals surface area contributed by atoms with Crippen LogP contribution in [0.1, 0.15) is 12.0 Å². The zero-order chi connectivity index (χ0) is 9.68. The summed E-state index contributed by atoms with van der Waals surface area (Å²) in [5.74, 6) is 0. The monoisotopic (exact) mass is 240 g/mol. The molecule has 0 aliphatic rings. The van der Waals surface area contributed by atoms with Crippen molar-refractivity contribution in [3.8, 4) is 0 Å². The van der Waals surface area contributed by atoms with Crippen LogP contribution in [-0.2, 0) is 0 Å². The molecule has 0 unspecified atom stereocenters. The number of halogens is 1. The summed E-state index contributed by atoms with van der Waals surface area (Å²) in [6.45, 7) is 0. The lowest BCUT2D eigenvalue weighted by atomic mass is 10.1. The van der Waals surface area contributed by atoms with Crippen molar-refractivity contribution in [3.05, 3.63) is 29.8 Å². The van der Waals surface area contributed by atoms with Crippen molar-refractivity contribution in [1.82, 2.24) is 0 Å². The first kappa shape index (κ1) is 10.1. The van der Waals surface area contributed by atoms with Crippen molar-refractivity contribution in [3.63, 3.8) is 0 Å². The zero-order valence-corrected chi connectivity index (χ0v) is 8.92. The Morgan fingerprint density at radius 2 is 2.08 bits per heavy atom. The van der Waals surface area contributed by atoms with Crippen LogP contribution in [-0.4, -0.2) is 5.33 Å². The Kier molecular flexibility index (Phi) is 3.83. The third-order valence-corrected chi connectivity index (χ3v) is 2.20. The van der Waals surface area contributed by atoms with Crippen LogP contribution < -0.4 is 11.5 Å². The van der Waals surface area contributed by atoms with Gasteiger partial charge in [0.05, 0.1) is 11.4 Å². The molecule has 0 amide bonds. The van der Waals surface area contributed by atoms with Gasteiger partial charge in [0.15, 0.2) is 0 Å². The molecule has 0 heterocycles. The van der Waals surface area contributed by atoms with Gasteiger partial charge in [0.25, 0.3) is 0 Å². The molecule has 70 valence electrons. The number of hydrogen-bond donors (Lipinski definition) is 2. The smallest absolute Gasteiger partial charge is 0.0621 e. The van der Waals surface area contributed by atoms with Gasteiger partial charge in [-0.25, -0.2) is 0 Å². The van der Waals surface area contributed by atoms with Gasteiger partial charge in [-0.2, -0.15) is 0 Å². The normalized spacial score (nSPS) is 10.8. The third kappa shape index (κ3) is 2.77. The molecule has 0 saturated heterocycles. The molecule has 2 nitrogen and oxygen atoms in total. The maximum atomic E-state index is 5.78. The molecule has 0 atom stereocenters. The van der Waals surface area contributed by atoms with Gasteiger partial charge in [0, 0.05) is 5.33 Å². The van der Waals surface area contributed by atoms with Gasteiger partial charge in [-0.05, 0) is 18.1 Å². The van der Waals surface area contributed by atoms with Crippen molar-refractivity contribution in [2.24, 2.45) is 0 Å². The molecule has 0 bridgehead atoms. The lowest BCUT2D eigenvalue weighted by Gasteiger charge is -2.02. The summed E-state index contributed by atoms with van der Waals surface area (Å²) in [4.78, 5) is 0. The number of benzene rings is 1. The Hall–Kier alpha value is -0.960. The SMILES string of the molecule is Nc1cccc(C=CCCBr)c1N. The highest BCUT2D eigenvalue weighted by Crippen LogP contribution is 2.20. The lowest BCUT2D eigenvalue weighted by Crippen LogP contribution is -1.96. The number of rotatable bonds is 3. The second-order valence-electron chi connectivity index (χ2n) is 2.73. The van der Waals surface area contributed by atoms with Crippen molar-refractivity contribution < 1.29 is 0 Å². The van der Waals surface area contributed by atoms with Crippen LogP contribution in [0.4, 0.5) is 11.4 Å². The summed E-state index contributed by atoms with van der Waals surface area (Å²) in [6, 6.07) is 5.66. The van der Waals surface area contributed by atoms with E-state index >= 15 is 0 Å². The summed E-state index contributed by atoms with van der Waals surface area (Å²) < 4.78 is 0. The average Bonchev–Trinajstić information content (AvgIpc) is 2.13. The Morgan fingerprint density at radius 1 is 1.31 bits per heavy atom. The van der Waals surface area contributed by atoms with E-state index in [0.717, 1.165) is 17.3 Å². The number of alkyl halides is 1. The van der Waals surface area contributed by atoms with Crippen LogP contribution in [0.25, 0.3) is 6.08 Å². The van der Waals surface area contributed by atoms with Gasteiger partial charge in [-0.15, -0.1) is 0 Å². The fraction of sp³-hybridized carbons (Fsp3) is 0.200. The molecule has 13 heavy (non-hydrogen) atoms. The number of anilines is 2. The molecule has 0 aliphatic heterocycles. The largest absolute Gasteiger partial charge is 0.397 e. The maximum absolute atomic E-state index is 5.78. The molecular weight excluding hydrogens is 228 g/mol. The van der Waals surface area contributed by atoms with Crippen molar-refractivity contribution in [1.29, 1.82) is 0 Å². The minimum Gasteiger partial charge on any atom is -0.397 e. The van der Waals surface area contributed by atoms with Crippen LogP contribution in [0.15, 0.2) is 24.3 Å². The van der Waals surface area contributed by atoms with Gasteiger partial charge < -0.3 is 11.5 Å². The standard InChI is InChI=1S/C10H13BrN2/c11-7-2-1-4-8-5-3-6-9(12)10(8)13/h1,3-6H,2,7,12-13H2. The fourth-order valence-electron chi connectivity index (χ4n) is 1.02. The van der Waals surface area contributed by atoms with E-state index in [4.69, 9.17) is 11.5 Å². The van der Waals surface area contributed by atoms with Crippen LogP contribution in [0.3, 0.4) is 0 Å². The quantitative estimate of drug-likeness (QED) is 0.631. The highest BCUT2D eigenvalue weighted by Gasteiger charge is 1.96. The van der Waals surface area contributed by atoms with E-state index in [0.29, 0.717) is 11.4 Å². The molecule has 3 heteroatoms. The van der Waals surface area contributed by atoms with Gasteiger partial charge in [-0.1, -0.05) is 40.2 Å². The highest BCUT2D eigenvalue weighted by atomic mass is 79.9. The molecule has 1 aromatic carbocycles. The highest BCUT2D eigenvalue weighted by molar-refractivity contribution is 9.09. The summed E-state index contributed by atoms with van der Waals surface area (Å²) in [5, 5.41) is 0.964. The predicted molar refractivity (Wildman–Crippen MR) is 62.7 cm³/mol. The van der Waals surface area contributed by atoms with Crippen molar-refractivity contribution >= 4 is 33.4 Å². The minimum absolute atomic E-state index is 0.640. The summed E-state index contributed by atoms with van der Waals surface area (Å²) in [5.41, 5.74) is 13.7. The Balaban J connectivity index is 2.83. The van der Waals surface area contributed by atoms with Gasteiger partial charge in [0.1, 0.15) is 0 Å². The average molecular weight is 241 g/mol. The first-order chi connectivity index (χ1) is 6.25. The van der Waals surface area contributed by atoms with Crippen molar-refractivity contribution in [2.45, 2.75) is 6.42 Å². The fourth-order valence-corrected chi connectivity index (χ4v) is 1.28. The Morgan fingerprint density at radius 3 is 2.77 bits per heavy atom. The molecule has 4 N–H and O–H groups in total. The molecule has 0 spiro atoms. The van der Waals surface area contributed by atoms with E-state index in [1.165, 1.54) is 0 Å². The molecule has 0 saturated carbocycles. The lowest BCUT2D eigenvalue weighted by molar-refractivity contribution is 1.27. The molecule has 1 rings (SSSR count). The van der Waals surface area contributed by atoms with Gasteiger partial charge in [0.2, 0.25) is 0 Å². The predicted octanol–water partition coefficient (Wildman–Crippen LogP) is 2.65. The van der Waals surface area contributed by atoms with Crippen molar-refractivity contribution in [2.75, 3.05) is 16.8 Å². The zero-order valence-electron chi connectivity index (χ0n) is 7.33. The van der Waals surface area contributed by atoms with Crippen LogP contribution >= 0.6 is 15.9 Å². The van der Waals surface area contributed by atoms with E-state index < -0.39 is 0 Å². The van der Waals surface area contributed by atoms with E-state index in [2.05, 4.69) is 22.0 Å².